The van der Waals surface area contributed by atoms with E-state index in [2.05, 4.69) is 34.5 Å². The summed E-state index contributed by atoms with van der Waals surface area (Å²) in [6, 6.07) is 26.6. The van der Waals surface area contributed by atoms with Gasteiger partial charge < -0.3 is 14.2 Å². The van der Waals surface area contributed by atoms with E-state index in [0.717, 1.165) is 55.7 Å². The lowest BCUT2D eigenvalue weighted by atomic mass is 10.0. The van der Waals surface area contributed by atoms with Crippen LogP contribution in [-0.2, 0) is 32.0 Å². The van der Waals surface area contributed by atoms with Crippen LogP contribution in [0.15, 0.2) is 78.9 Å². The van der Waals surface area contributed by atoms with Crippen LogP contribution in [0.3, 0.4) is 0 Å². The van der Waals surface area contributed by atoms with E-state index >= 15 is 0 Å². The van der Waals surface area contributed by atoms with E-state index in [9.17, 15) is 9.59 Å². The third-order valence-corrected chi connectivity index (χ3v) is 8.14. The van der Waals surface area contributed by atoms with Crippen molar-refractivity contribution >= 4 is 17.7 Å². The molecule has 2 unspecified atom stereocenters. The van der Waals surface area contributed by atoms with Gasteiger partial charge in [-0.1, -0.05) is 72.8 Å². The Balaban J connectivity index is 1.00. The number of para-hydroxylation sites is 1. The highest BCUT2D eigenvalue weighted by atomic mass is 16.6. The molecule has 1 saturated carbocycles. The molecule has 1 amide bonds. The molecule has 228 valence electrons. The predicted molar refractivity (Wildman–Crippen MR) is 169 cm³/mol. The highest BCUT2D eigenvalue weighted by molar-refractivity contribution is 5.91. The number of amides is 1. The van der Waals surface area contributed by atoms with Crippen molar-refractivity contribution in [3.63, 3.8) is 0 Å². The number of nitrogens with zero attached hydrogens (tertiary/aromatic N) is 1. The normalized spacial score (nSPS) is 20.0. The number of esters is 1. The number of anilines is 1. The molecule has 0 aromatic heterocycles. The van der Waals surface area contributed by atoms with Crippen LogP contribution in [0.4, 0.5) is 10.5 Å². The fourth-order valence-corrected chi connectivity index (χ4v) is 6.23. The number of rotatable bonds is 11. The van der Waals surface area contributed by atoms with Crippen molar-refractivity contribution < 1.29 is 23.8 Å². The molecule has 5 rings (SSSR count). The van der Waals surface area contributed by atoms with Gasteiger partial charge in [0.25, 0.3) is 0 Å². The second kappa shape index (κ2) is 14.2. The number of hydrogen-bond donors (Lipinski definition) is 1. The maximum absolute atomic E-state index is 12.8. The number of hydrogen-bond acceptors (Lipinski definition) is 6. The summed E-state index contributed by atoms with van der Waals surface area (Å²) in [4.78, 5) is 27.1. The zero-order valence-electron chi connectivity index (χ0n) is 25.6. The van der Waals surface area contributed by atoms with Gasteiger partial charge in [0.2, 0.25) is 0 Å². The summed E-state index contributed by atoms with van der Waals surface area (Å²) < 4.78 is 16.8. The smallest absolute Gasteiger partial charge is 0.411 e. The molecule has 7 nitrogen and oxygen atoms in total. The van der Waals surface area contributed by atoms with Crippen LogP contribution in [0.25, 0.3) is 11.1 Å². The quantitative estimate of drug-likeness (QED) is 0.191. The molecule has 0 spiro atoms. The molecule has 43 heavy (non-hydrogen) atoms. The van der Waals surface area contributed by atoms with Gasteiger partial charge in [-0.05, 0) is 74.6 Å². The van der Waals surface area contributed by atoms with Gasteiger partial charge in [-0.25, -0.2) is 4.79 Å². The minimum atomic E-state index is -0.460. The third kappa shape index (κ3) is 9.15. The minimum Gasteiger partial charge on any atom is -0.460 e. The Kier molecular flexibility index (Phi) is 10.2. The Morgan fingerprint density at radius 2 is 1.49 bits per heavy atom. The zero-order chi connectivity index (χ0) is 30.2. The molecule has 1 N–H and O–H groups in total. The Labute approximate surface area is 255 Å². The fraction of sp³-hybridized carbons (Fsp3) is 0.444. The first-order chi connectivity index (χ1) is 20.7. The topological polar surface area (TPSA) is 77.1 Å². The van der Waals surface area contributed by atoms with Crippen LogP contribution in [0.2, 0.25) is 0 Å². The SMILES string of the molecule is CC(C)(C)OC(=O)CCOCCc1ccc(CN2CC3CC(OC(=O)Nc4ccccc4-c4ccccc4)C[C@H]3C2)cc1. The van der Waals surface area contributed by atoms with Gasteiger partial charge in [0.15, 0.2) is 0 Å². The van der Waals surface area contributed by atoms with Crippen molar-refractivity contribution in [2.75, 3.05) is 31.6 Å². The number of carbonyl (C=O) groups is 2. The lowest BCUT2D eigenvalue weighted by molar-refractivity contribution is -0.156. The molecule has 0 radical (unpaired) electrons. The van der Waals surface area contributed by atoms with Gasteiger partial charge in [-0.15, -0.1) is 0 Å². The molecule has 2 aliphatic rings. The van der Waals surface area contributed by atoms with Gasteiger partial charge in [0, 0.05) is 25.2 Å². The molecule has 3 aromatic rings. The van der Waals surface area contributed by atoms with E-state index in [1.807, 2.05) is 75.4 Å². The summed E-state index contributed by atoms with van der Waals surface area (Å²) in [5.74, 6) is 0.898. The molecular formula is C36H44N2O5. The third-order valence-electron chi connectivity index (χ3n) is 8.14. The highest BCUT2D eigenvalue weighted by Gasteiger charge is 2.42. The zero-order valence-corrected chi connectivity index (χ0v) is 25.6. The van der Waals surface area contributed by atoms with Crippen molar-refractivity contribution in [3.8, 4) is 11.1 Å². The van der Waals surface area contributed by atoms with E-state index in [4.69, 9.17) is 14.2 Å². The van der Waals surface area contributed by atoms with Crippen LogP contribution in [0.1, 0.15) is 51.2 Å². The molecule has 3 aromatic carbocycles. The van der Waals surface area contributed by atoms with Gasteiger partial charge in [0.05, 0.1) is 25.3 Å². The molecule has 3 atom stereocenters. The standard InChI is InChI=1S/C36H44N2O5/c1-36(2,3)43-34(39)18-20-41-19-17-26-13-15-27(16-14-26)23-38-24-29-21-31(22-30(29)25-38)42-35(40)37-33-12-8-7-11-32(33)28-9-5-4-6-10-28/h4-16,29-31H,17-25H2,1-3H3,(H,37,40)/t29-,30?,31?/m0/s1. The van der Waals surface area contributed by atoms with Crippen molar-refractivity contribution in [3.05, 3.63) is 90.0 Å². The second-order valence-electron chi connectivity index (χ2n) is 12.8. The molecule has 2 fully saturated rings. The second-order valence-corrected chi connectivity index (χ2v) is 12.8. The van der Waals surface area contributed by atoms with Gasteiger partial charge in [0.1, 0.15) is 11.7 Å². The number of likely N-dealkylation sites (tertiary alicyclic amines) is 1. The number of benzene rings is 3. The lowest BCUT2D eigenvalue weighted by Crippen LogP contribution is -2.25. The molecule has 1 heterocycles. The van der Waals surface area contributed by atoms with E-state index in [-0.39, 0.29) is 24.6 Å². The van der Waals surface area contributed by atoms with Gasteiger partial charge >= 0.3 is 12.1 Å². The van der Waals surface area contributed by atoms with E-state index in [0.29, 0.717) is 25.0 Å². The molecule has 1 saturated heterocycles. The van der Waals surface area contributed by atoms with E-state index in [1.54, 1.807) is 0 Å². The van der Waals surface area contributed by atoms with Crippen LogP contribution in [0.5, 0.6) is 0 Å². The number of nitrogens with one attached hydrogen (secondary N) is 1. The van der Waals surface area contributed by atoms with Crippen molar-refractivity contribution in [2.24, 2.45) is 11.8 Å². The Morgan fingerprint density at radius 1 is 0.837 bits per heavy atom. The van der Waals surface area contributed by atoms with Crippen molar-refractivity contribution in [1.82, 2.24) is 4.90 Å². The lowest BCUT2D eigenvalue weighted by Gasteiger charge is -2.20. The van der Waals surface area contributed by atoms with Gasteiger partial charge in [-0.2, -0.15) is 0 Å². The highest BCUT2D eigenvalue weighted by Crippen LogP contribution is 2.40. The summed E-state index contributed by atoms with van der Waals surface area (Å²) in [5, 5.41) is 2.98. The first-order valence-electron chi connectivity index (χ1n) is 15.4. The molecule has 7 heteroatoms. The van der Waals surface area contributed by atoms with Crippen LogP contribution >= 0.6 is 0 Å². The predicted octanol–water partition coefficient (Wildman–Crippen LogP) is 7.10. The minimum absolute atomic E-state index is 0.0355. The van der Waals surface area contributed by atoms with Crippen LogP contribution < -0.4 is 5.32 Å². The average molecular weight is 585 g/mol. The number of ether oxygens (including phenoxy) is 3. The summed E-state index contributed by atoms with van der Waals surface area (Å²) in [6.07, 6.45) is 2.52. The number of fused-ring (bicyclic) bond motifs is 1. The molecule has 1 aliphatic carbocycles. The first kappa shape index (κ1) is 30.8. The summed E-state index contributed by atoms with van der Waals surface area (Å²) in [5.41, 5.74) is 4.88. The molecular weight excluding hydrogens is 540 g/mol. The van der Waals surface area contributed by atoms with Crippen molar-refractivity contribution in [2.45, 2.75) is 64.7 Å². The maximum atomic E-state index is 12.8. The summed E-state index contributed by atoms with van der Waals surface area (Å²) >= 11 is 0. The molecule has 0 bridgehead atoms. The number of carbonyl (C=O) groups excluding carboxylic acids is 2. The fourth-order valence-electron chi connectivity index (χ4n) is 6.23. The van der Waals surface area contributed by atoms with E-state index < -0.39 is 5.60 Å². The van der Waals surface area contributed by atoms with Crippen LogP contribution in [-0.4, -0.2) is 55.0 Å². The van der Waals surface area contributed by atoms with Gasteiger partial charge in [-0.3, -0.25) is 15.0 Å². The Hall–Kier alpha value is -3.68. The Bertz CT molecular complexity index is 1340. The largest absolute Gasteiger partial charge is 0.460 e. The average Bonchev–Trinajstić information content (AvgIpc) is 3.51. The summed E-state index contributed by atoms with van der Waals surface area (Å²) in [7, 11) is 0. The first-order valence-corrected chi connectivity index (χ1v) is 15.4. The van der Waals surface area contributed by atoms with Crippen molar-refractivity contribution in [1.29, 1.82) is 0 Å². The van der Waals surface area contributed by atoms with Crippen LogP contribution in [0, 0.1) is 11.8 Å². The monoisotopic (exact) mass is 584 g/mol. The summed E-state index contributed by atoms with van der Waals surface area (Å²) in [6.45, 7) is 9.57. The Morgan fingerprint density at radius 3 is 2.19 bits per heavy atom. The maximum Gasteiger partial charge on any atom is 0.411 e. The molecule has 1 aliphatic heterocycles. The van der Waals surface area contributed by atoms with E-state index in [1.165, 1.54) is 11.1 Å².